The maximum absolute atomic E-state index is 13.4. The molecule has 0 aliphatic carbocycles. The topological polar surface area (TPSA) is 111 Å². The largest absolute Gasteiger partial charge is 0.388 e. The number of carbonyl (C=O) groups is 1. The zero-order valence-electron chi connectivity index (χ0n) is 17.9. The number of aromatic nitrogens is 4. The number of rotatable bonds is 9. The standard InChI is InChI=1S/C21H25ClFN5O4/c1-3-5-9-27-19-18(26(8-4-2)16(12-29)25-19)20(31)28(21(27)32)11-17(30)24-13-6-7-15(23)14(22)10-13/h6-7,10,29H,3-5,8-9,11-12H2,1-2H3,(H,24,30). The Labute approximate surface area is 188 Å². The van der Waals surface area contributed by atoms with Crippen molar-refractivity contribution in [3.63, 3.8) is 0 Å². The average Bonchev–Trinajstić information content (AvgIpc) is 3.12. The number of halogens is 2. The van der Waals surface area contributed by atoms with Crippen LogP contribution >= 0.6 is 11.6 Å². The van der Waals surface area contributed by atoms with Gasteiger partial charge < -0.3 is 15.0 Å². The highest BCUT2D eigenvalue weighted by Gasteiger charge is 2.22. The fourth-order valence-corrected chi connectivity index (χ4v) is 3.68. The fraction of sp³-hybridized carbons (Fsp3) is 0.429. The van der Waals surface area contributed by atoms with E-state index >= 15 is 0 Å². The summed E-state index contributed by atoms with van der Waals surface area (Å²) in [4.78, 5) is 43.3. The van der Waals surface area contributed by atoms with E-state index in [4.69, 9.17) is 11.6 Å². The van der Waals surface area contributed by atoms with Gasteiger partial charge in [-0.15, -0.1) is 0 Å². The molecule has 9 nitrogen and oxygen atoms in total. The number of aliphatic hydroxyl groups is 1. The lowest BCUT2D eigenvalue weighted by Gasteiger charge is -2.13. The molecule has 0 spiro atoms. The van der Waals surface area contributed by atoms with E-state index in [1.54, 1.807) is 4.57 Å². The Hall–Kier alpha value is -2.98. The molecule has 32 heavy (non-hydrogen) atoms. The van der Waals surface area contributed by atoms with E-state index in [0.29, 0.717) is 25.9 Å². The third kappa shape index (κ3) is 4.61. The molecule has 3 aromatic rings. The zero-order chi connectivity index (χ0) is 23.4. The van der Waals surface area contributed by atoms with Crippen LogP contribution in [0.2, 0.25) is 5.02 Å². The Bertz CT molecular complexity index is 1260. The molecule has 172 valence electrons. The van der Waals surface area contributed by atoms with E-state index < -0.39 is 29.5 Å². The van der Waals surface area contributed by atoms with Crippen LogP contribution in [-0.4, -0.2) is 29.7 Å². The number of amides is 1. The molecule has 0 aliphatic heterocycles. The first kappa shape index (κ1) is 23.7. The van der Waals surface area contributed by atoms with Crippen molar-refractivity contribution < 1.29 is 14.3 Å². The van der Waals surface area contributed by atoms with Gasteiger partial charge in [-0.2, -0.15) is 0 Å². The van der Waals surface area contributed by atoms with Crippen LogP contribution in [0.25, 0.3) is 11.2 Å². The van der Waals surface area contributed by atoms with Gasteiger partial charge in [-0.3, -0.25) is 14.2 Å². The maximum atomic E-state index is 13.4. The predicted molar refractivity (Wildman–Crippen MR) is 119 cm³/mol. The number of carbonyl (C=O) groups excluding carboxylic acids is 1. The first-order valence-electron chi connectivity index (χ1n) is 10.4. The van der Waals surface area contributed by atoms with Crippen LogP contribution in [0.3, 0.4) is 0 Å². The normalized spacial score (nSPS) is 11.3. The van der Waals surface area contributed by atoms with Crippen molar-refractivity contribution in [2.75, 3.05) is 5.32 Å². The van der Waals surface area contributed by atoms with Gasteiger partial charge in [-0.1, -0.05) is 31.9 Å². The number of fused-ring (bicyclic) bond motifs is 1. The van der Waals surface area contributed by atoms with Crippen molar-refractivity contribution in [3.8, 4) is 0 Å². The lowest BCUT2D eigenvalue weighted by atomic mass is 10.3. The summed E-state index contributed by atoms with van der Waals surface area (Å²) in [5.74, 6) is -0.988. The van der Waals surface area contributed by atoms with Crippen LogP contribution in [0, 0.1) is 5.82 Å². The third-order valence-corrected chi connectivity index (χ3v) is 5.31. The summed E-state index contributed by atoms with van der Waals surface area (Å²) >= 11 is 5.74. The Kier molecular flexibility index (Phi) is 7.47. The number of anilines is 1. The summed E-state index contributed by atoms with van der Waals surface area (Å²) < 4.78 is 17.2. The first-order valence-corrected chi connectivity index (χ1v) is 10.8. The van der Waals surface area contributed by atoms with Crippen molar-refractivity contribution in [2.24, 2.45) is 0 Å². The number of nitrogens with zero attached hydrogens (tertiary/aromatic N) is 4. The number of nitrogens with one attached hydrogen (secondary N) is 1. The molecule has 0 unspecified atom stereocenters. The minimum Gasteiger partial charge on any atom is -0.388 e. The molecular weight excluding hydrogens is 441 g/mol. The lowest BCUT2D eigenvalue weighted by molar-refractivity contribution is -0.116. The summed E-state index contributed by atoms with van der Waals surface area (Å²) in [7, 11) is 0. The molecular formula is C21H25ClFN5O4. The average molecular weight is 466 g/mol. The van der Waals surface area contributed by atoms with Crippen LogP contribution < -0.4 is 16.6 Å². The molecule has 0 bridgehead atoms. The Morgan fingerprint density at radius 2 is 1.91 bits per heavy atom. The number of imidazole rings is 1. The quantitative estimate of drug-likeness (QED) is 0.504. The van der Waals surface area contributed by atoms with Crippen LogP contribution in [0.1, 0.15) is 38.9 Å². The van der Waals surface area contributed by atoms with E-state index in [1.807, 2.05) is 13.8 Å². The van der Waals surface area contributed by atoms with Crippen molar-refractivity contribution in [1.29, 1.82) is 0 Å². The number of aliphatic hydroxyl groups excluding tert-OH is 1. The van der Waals surface area contributed by atoms with Gasteiger partial charge in [0.05, 0.1) is 5.02 Å². The molecule has 1 aromatic carbocycles. The van der Waals surface area contributed by atoms with Gasteiger partial charge in [-0.05, 0) is 31.0 Å². The molecule has 11 heteroatoms. The van der Waals surface area contributed by atoms with Gasteiger partial charge in [0.25, 0.3) is 5.56 Å². The van der Waals surface area contributed by atoms with E-state index in [1.165, 1.54) is 16.7 Å². The first-order chi connectivity index (χ1) is 15.3. The van der Waals surface area contributed by atoms with E-state index in [0.717, 1.165) is 17.1 Å². The zero-order valence-corrected chi connectivity index (χ0v) is 18.7. The third-order valence-electron chi connectivity index (χ3n) is 5.02. The molecule has 2 aromatic heterocycles. The van der Waals surface area contributed by atoms with Crippen LogP contribution in [-0.2, 0) is 31.0 Å². The molecule has 0 aliphatic rings. The highest BCUT2D eigenvalue weighted by atomic mass is 35.5. The lowest BCUT2D eigenvalue weighted by Crippen LogP contribution is -2.43. The van der Waals surface area contributed by atoms with Crippen LogP contribution in [0.15, 0.2) is 27.8 Å². The maximum Gasteiger partial charge on any atom is 0.333 e. The van der Waals surface area contributed by atoms with Crippen LogP contribution in [0.5, 0.6) is 0 Å². The number of aryl methyl sites for hydroxylation is 2. The minimum atomic E-state index is -0.661. The SMILES string of the molecule is CCCCn1c(=O)n(CC(=O)Nc2ccc(F)c(Cl)c2)c(=O)c2c1nc(CO)n2CCC. The molecule has 0 radical (unpaired) electrons. The highest BCUT2D eigenvalue weighted by molar-refractivity contribution is 6.31. The highest BCUT2D eigenvalue weighted by Crippen LogP contribution is 2.19. The van der Waals surface area contributed by atoms with Gasteiger partial charge in [0.1, 0.15) is 24.8 Å². The van der Waals surface area contributed by atoms with Gasteiger partial charge in [-0.25, -0.2) is 18.7 Å². The second-order valence-corrected chi connectivity index (χ2v) is 7.77. The predicted octanol–water partition coefficient (Wildman–Crippen LogP) is 2.49. The van der Waals surface area contributed by atoms with E-state index in [9.17, 15) is 23.9 Å². The molecule has 0 saturated carbocycles. The van der Waals surface area contributed by atoms with Crippen molar-refractivity contribution in [2.45, 2.75) is 59.4 Å². The fourth-order valence-electron chi connectivity index (χ4n) is 3.50. The molecule has 0 fully saturated rings. The Balaban J connectivity index is 2.09. The van der Waals surface area contributed by atoms with Gasteiger partial charge in [0.15, 0.2) is 11.2 Å². The smallest absolute Gasteiger partial charge is 0.333 e. The molecule has 2 heterocycles. The van der Waals surface area contributed by atoms with Gasteiger partial charge in [0, 0.05) is 18.8 Å². The van der Waals surface area contributed by atoms with Gasteiger partial charge in [0.2, 0.25) is 5.91 Å². The molecule has 0 saturated heterocycles. The molecule has 0 atom stereocenters. The molecule has 3 rings (SSSR count). The van der Waals surface area contributed by atoms with Crippen molar-refractivity contribution in [3.05, 3.63) is 55.7 Å². The number of benzene rings is 1. The number of hydrogen-bond acceptors (Lipinski definition) is 5. The van der Waals surface area contributed by atoms with E-state index in [-0.39, 0.29) is 34.3 Å². The Morgan fingerprint density at radius 1 is 1.16 bits per heavy atom. The van der Waals surface area contributed by atoms with Gasteiger partial charge >= 0.3 is 5.69 Å². The second kappa shape index (κ2) is 10.1. The summed E-state index contributed by atoms with van der Waals surface area (Å²) in [6, 6.07) is 3.67. The Morgan fingerprint density at radius 3 is 2.53 bits per heavy atom. The summed E-state index contributed by atoms with van der Waals surface area (Å²) in [5.41, 5.74) is -0.711. The summed E-state index contributed by atoms with van der Waals surface area (Å²) in [6.45, 7) is 3.69. The summed E-state index contributed by atoms with van der Waals surface area (Å²) in [6.07, 6.45) is 2.15. The molecule has 1 amide bonds. The van der Waals surface area contributed by atoms with Crippen molar-refractivity contribution >= 4 is 34.4 Å². The van der Waals surface area contributed by atoms with Crippen LogP contribution in [0.4, 0.5) is 10.1 Å². The number of unbranched alkanes of at least 4 members (excludes halogenated alkanes) is 1. The summed E-state index contributed by atoms with van der Waals surface area (Å²) in [5, 5.41) is 12.1. The number of hydrogen-bond donors (Lipinski definition) is 2. The second-order valence-electron chi connectivity index (χ2n) is 7.37. The minimum absolute atomic E-state index is 0.164. The molecule has 2 N–H and O–H groups in total. The van der Waals surface area contributed by atoms with E-state index in [2.05, 4.69) is 10.3 Å². The van der Waals surface area contributed by atoms with Crippen molar-refractivity contribution in [1.82, 2.24) is 18.7 Å². The monoisotopic (exact) mass is 465 g/mol.